The van der Waals surface area contributed by atoms with Crippen LogP contribution >= 0.6 is 0 Å². The van der Waals surface area contributed by atoms with Gasteiger partial charge in [0.15, 0.2) is 0 Å². The van der Waals surface area contributed by atoms with Gasteiger partial charge in [-0.3, -0.25) is 9.59 Å². The average molecular weight is 397 g/mol. The molecule has 2 aromatic heterocycles. The van der Waals surface area contributed by atoms with Gasteiger partial charge in [-0.2, -0.15) is 10.1 Å². The van der Waals surface area contributed by atoms with Crippen molar-refractivity contribution in [1.82, 2.24) is 24.8 Å². The fourth-order valence-corrected chi connectivity index (χ4v) is 3.53. The standard InChI is InChI=1S/C20H20FN5O3/c21-16-7-2-1-6-15(16)20-23-17(29-24-20)11-14-5-4-10-25(12-14)19(28)13-26-18(27)8-3-9-22-26/h1-3,6-9,14H,4-5,10-13H2/t14-/m1/s1. The van der Waals surface area contributed by atoms with Crippen molar-refractivity contribution in [3.63, 3.8) is 0 Å². The first-order chi connectivity index (χ1) is 14.1. The molecule has 3 heterocycles. The highest BCUT2D eigenvalue weighted by atomic mass is 19.1. The Labute approximate surface area is 166 Å². The van der Waals surface area contributed by atoms with E-state index in [1.807, 2.05) is 0 Å². The molecule has 0 bridgehead atoms. The number of carbonyl (C=O) groups excluding carboxylic acids is 1. The minimum Gasteiger partial charge on any atom is -0.341 e. The molecule has 1 aliphatic rings. The number of rotatable bonds is 5. The van der Waals surface area contributed by atoms with Gasteiger partial charge in [0.2, 0.25) is 17.6 Å². The second kappa shape index (κ2) is 8.34. The van der Waals surface area contributed by atoms with Gasteiger partial charge < -0.3 is 9.42 Å². The van der Waals surface area contributed by atoms with Crippen molar-refractivity contribution in [2.75, 3.05) is 13.1 Å². The van der Waals surface area contributed by atoms with Gasteiger partial charge in [0.25, 0.3) is 5.56 Å². The Morgan fingerprint density at radius 1 is 1.24 bits per heavy atom. The minimum atomic E-state index is -0.404. The molecule has 1 fully saturated rings. The fourth-order valence-electron chi connectivity index (χ4n) is 3.53. The summed E-state index contributed by atoms with van der Waals surface area (Å²) in [6, 6.07) is 9.19. The van der Waals surface area contributed by atoms with Crippen LogP contribution in [0, 0.1) is 11.7 Å². The van der Waals surface area contributed by atoms with Crippen LogP contribution in [0.25, 0.3) is 11.4 Å². The number of likely N-dealkylation sites (tertiary alicyclic amines) is 1. The molecule has 1 atom stereocenters. The molecule has 0 radical (unpaired) electrons. The van der Waals surface area contributed by atoms with Gasteiger partial charge in [-0.1, -0.05) is 17.3 Å². The smallest absolute Gasteiger partial charge is 0.267 e. The van der Waals surface area contributed by atoms with Crippen molar-refractivity contribution in [3.05, 3.63) is 64.7 Å². The number of nitrogens with zero attached hydrogens (tertiary/aromatic N) is 5. The highest BCUT2D eigenvalue weighted by Crippen LogP contribution is 2.23. The lowest BCUT2D eigenvalue weighted by Crippen LogP contribution is -2.43. The maximum absolute atomic E-state index is 13.9. The largest absolute Gasteiger partial charge is 0.341 e. The maximum atomic E-state index is 13.9. The molecule has 29 heavy (non-hydrogen) atoms. The molecule has 0 spiro atoms. The Morgan fingerprint density at radius 3 is 2.93 bits per heavy atom. The number of halogens is 1. The third-order valence-corrected chi connectivity index (χ3v) is 4.99. The van der Waals surface area contributed by atoms with Crippen LogP contribution in [0.3, 0.4) is 0 Å². The molecule has 4 rings (SSSR count). The second-order valence-electron chi connectivity index (χ2n) is 7.06. The molecule has 1 aliphatic heterocycles. The lowest BCUT2D eigenvalue weighted by molar-refractivity contribution is -0.134. The van der Waals surface area contributed by atoms with Crippen LogP contribution in [-0.2, 0) is 17.8 Å². The summed E-state index contributed by atoms with van der Waals surface area (Å²) in [5.41, 5.74) is -0.00954. The number of benzene rings is 1. The van der Waals surface area contributed by atoms with Crippen LogP contribution in [-0.4, -0.2) is 43.8 Å². The summed E-state index contributed by atoms with van der Waals surface area (Å²) in [7, 11) is 0. The molecule has 9 heteroatoms. The van der Waals surface area contributed by atoms with Gasteiger partial charge in [-0.05, 0) is 37.0 Å². The van der Waals surface area contributed by atoms with E-state index >= 15 is 0 Å². The molecule has 1 aromatic carbocycles. The zero-order valence-corrected chi connectivity index (χ0v) is 15.7. The molecule has 0 saturated carbocycles. The molecule has 150 valence electrons. The van der Waals surface area contributed by atoms with Gasteiger partial charge in [-0.15, -0.1) is 0 Å². The van der Waals surface area contributed by atoms with Gasteiger partial charge in [0.05, 0.1) is 5.56 Å². The number of hydrogen-bond donors (Lipinski definition) is 0. The summed E-state index contributed by atoms with van der Waals surface area (Å²) in [6.45, 7) is 1.10. The van der Waals surface area contributed by atoms with Gasteiger partial charge >= 0.3 is 0 Å². The monoisotopic (exact) mass is 397 g/mol. The third kappa shape index (κ3) is 4.39. The van der Waals surface area contributed by atoms with Gasteiger partial charge in [0, 0.05) is 31.8 Å². The summed E-state index contributed by atoms with van der Waals surface area (Å²) in [4.78, 5) is 30.4. The number of amides is 1. The lowest BCUT2D eigenvalue weighted by atomic mass is 9.94. The van der Waals surface area contributed by atoms with Crippen molar-refractivity contribution >= 4 is 5.91 Å². The van der Waals surface area contributed by atoms with Crippen molar-refractivity contribution in [2.24, 2.45) is 5.92 Å². The Hall–Kier alpha value is -3.36. The molecule has 1 saturated heterocycles. The molecule has 0 aliphatic carbocycles. The molecular formula is C20H20FN5O3. The summed E-state index contributed by atoms with van der Waals surface area (Å²) in [6.07, 6.45) is 3.76. The zero-order valence-electron chi connectivity index (χ0n) is 15.7. The predicted octanol–water partition coefficient (Wildman–Crippen LogP) is 1.91. The first-order valence-electron chi connectivity index (χ1n) is 9.47. The number of aromatic nitrogens is 4. The van der Waals surface area contributed by atoms with E-state index in [1.54, 1.807) is 29.2 Å². The Morgan fingerprint density at radius 2 is 2.10 bits per heavy atom. The van der Waals surface area contributed by atoms with E-state index in [4.69, 9.17) is 4.52 Å². The van der Waals surface area contributed by atoms with Gasteiger partial charge in [-0.25, -0.2) is 9.07 Å². The lowest BCUT2D eigenvalue weighted by Gasteiger charge is -2.32. The van der Waals surface area contributed by atoms with E-state index in [0.29, 0.717) is 31.0 Å². The third-order valence-electron chi connectivity index (χ3n) is 4.99. The summed E-state index contributed by atoms with van der Waals surface area (Å²) in [5, 5.41) is 7.81. The van der Waals surface area contributed by atoms with E-state index in [-0.39, 0.29) is 29.8 Å². The summed E-state index contributed by atoms with van der Waals surface area (Å²) < 4.78 is 20.4. The van der Waals surface area contributed by atoms with Crippen LogP contribution in [0.4, 0.5) is 4.39 Å². The van der Waals surface area contributed by atoms with Crippen LogP contribution < -0.4 is 5.56 Å². The minimum absolute atomic E-state index is 0.0790. The Bertz CT molecular complexity index is 1060. The molecule has 8 nitrogen and oxygen atoms in total. The fraction of sp³-hybridized carbons (Fsp3) is 0.350. The first kappa shape index (κ1) is 19.0. The van der Waals surface area contributed by atoms with Crippen molar-refractivity contribution in [1.29, 1.82) is 0 Å². The van der Waals surface area contributed by atoms with Crippen LogP contribution in [0.1, 0.15) is 18.7 Å². The normalized spacial score (nSPS) is 16.7. The van der Waals surface area contributed by atoms with Gasteiger partial charge in [0.1, 0.15) is 12.4 Å². The topological polar surface area (TPSA) is 94.1 Å². The van der Waals surface area contributed by atoms with Crippen LogP contribution in [0.5, 0.6) is 0 Å². The van der Waals surface area contributed by atoms with E-state index in [9.17, 15) is 14.0 Å². The van der Waals surface area contributed by atoms with Crippen molar-refractivity contribution in [3.8, 4) is 11.4 Å². The summed E-state index contributed by atoms with van der Waals surface area (Å²) in [5.74, 6) is 0.245. The Balaban J connectivity index is 1.39. The quantitative estimate of drug-likeness (QED) is 0.653. The van der Waals surface area contributed by atoms with Crippen LogP contribution in [0.15, 0.2) is 51.9 Å². The maximum Gasteiger partial charge on any atom is 0.267 e. The molecular weight excluding hydrogens is 377 g/mol. The van der Waals surface area contributed by atoms with E-state index < -0.39 is 5.82 Å². The molecule has 0 N–H and O–H groups in total. The first-order valence-corrected chi connectivity index (χ1v) is 9.47. The highest BCUT2D eigenvalue weighted by Gasteiger charge is 2.26. The molecule has 3 aromatic rings. The SMILES string of the molecule is O=C(Cn1ncccc1=O)N1CCC[C@H](Cc2nc(-c3ccccc3F)no2)C1. The Kier molecular flexibility index (Phi) is 5.46. The van der Waals surface area contributed by atoms with E-state index in [0.717, 1.165) is 17.5 Å². The van der Waals surface area contributed by atoms with Crippen LogP contribution in [0.2, 0.25) is 0 Å². The summed E-state index contributed by atoms with van der Waals surface area (Å²) >= 11 is 0. The van der Waals surface area contributed by atoms with Crippen molar-refractivity contribution in [2.45, 2.75) is 25.8 Å². The van der Waals surface area contributed by atoms with Crippen molar-refractivity contribution < 1.29 is 13.7 Å². The molecule has 0 unspecified atom stereocenters. The van der Waals surface area contributed by atoms with E-state index in [1.165, 1.54) is 18.3 Å². The molecule has 1 amide bonds. The zero-order chi connectivity index (χ0) is 20.2. The second-order valence-corrected chi connectivity index (χ2v) is 7.06. The number of piperidine rings is 1. The highest BCUT2D eigenvalue weighted by molar-refractivity contribution is 5.76. The van der Waals surface area contributed by atoms with E-state index in [2.05, 4.69) is 15.2 Å². The number of hydrogen-bond acceptors (Lipinski definition) is 6. The number of carbonyl (C=O) groups is 1. The average Bonchev–Trinajstić information content (AvgIpc) is 3.18. The predicted molar refractivity (Wildman–Crippen MR) is 101 cm³/mol.